The van der Waals surface area contributed by atoms with E-state index in [4.69, 9.17) is 28.9 Å². The lowest BCUT2D eigenvalue weighted by atomic mass is 10.1. The molecule has 0 amide bonds. The smallest absolute Gasteiger partial charge is 0.0664 e. The second kappa shape index (κ2) is 5.31. The monoisotopic (exact) mass is 283 g/mol. The van der Waals surface area contributed by atoms with Crippen LogP contribution in [0.2, 0.25) is 10.0 Å². The highest BCUT2D eigenvalue weighted by Gasteiger charge is 2.15. The van der Waals surface area contributed by atoms with E-state index >= 15 is 0 Å². The molecule has 1 aromatic heterocycles. The predicted octanol–water partition coefficient (Wildman–Crippen LogP) is 3.76. The van der Waals surface area contributed by atoms with Gasteiger partial charge in [0.1, 0.15) is 0 Å². The lowest BCUT2D eigenvalue weighted by molar-refractivity contribution is 0.725. The summed E-state index contributed by atoms with van der Waals surface area (Å²) >= 11 is 12.0. The molecule has 1 aromatic carbocycles. The maximum atomic E-state index is 6.04. The number of hydrogen-bond acceptors (Lipinski definition) is 2. The van der Waals surface area contributed by atoms with E-state index in [1.54, 1.807) is 12.3 Å². The van der Waals surface area contributed by atoms with Crippen molar-refractivity contribution in [2.24, 2.45) is 5.73 Å². The Morgan fingerprint density at radius 2 is 2.00 bits per heavy atom. The normalized spacial score (nSPS) is 11.2. The van der Waals surface area contributed by atoms with Crippen molar-refractivity contribution in [1.82, 2.24) is 9.78 Å². The van der Waals surface area contributed by atoms with Crippen molar-refractivity contribution in [1.29, 1.82) is 0 Å². The quantitative estimate of drug-likeness (QED) is 0.932. The highest BCUT2D eigenvalue weighted by Crippen LogP contribution is 2.27. The van der Waals surface area contributed by atoms with Gasteiger partial charge >= 0.3 is 0 Å². The van der Waals surface area contributed by atoms with E-state index < -0.39 is 0 Å². The molecule has 96 valence electrons. The second-order valence-corrected chi connectivity index (χ2v) is 5.24. The Balaban J connectivity index is 2.56. The van der Waals surface area contributed by atoms with Crippen molar-refractivity contribution in [2.75, 3.05) is 0 Å². The summed E-state index contributed by atoms with van der Waals surface area (Å²) in [6, 6.07) is 5.48. The molecular formula is C13H15Cl2N3. The lowest BCUT2D eigenvalue weighted by Crippen LogP contribution is -2.07. The molecule has 0 aliphatic carbocycles. The largest absolute Gasteiger partial charge is 0.326 e. The molecule has 0 aliphatic heterocycles. The van der Waals surface area contributed by atoms with Gasteiger partial charge in [0.25, 0.3) is 0 Å². The molecule has 0 fully saturated rings. The molecule has 0 radical (unpaired) electrons. The van der Waals surface area contributed by atoms with Crippen LogP contribution in [0.1, 0.15) is 31.0 Å². The molecule has 0 saturated heterocycles. The van der Waals surface area contributed by atoms with Gasteiger partial charge in [0, 0.05) is 12.1 Å². The number of rotatable bonds is 3. The molecule has 1 heterocycles. The van der Waals surface area contributed by atoms with Crippen LogP contribution >= 0.6 is 23.2 Å². The van der Waals surface area contributed by atoms with Gasteiger partial charge in [0.2, 0.25) is 0 Å². The molecule has 5 heteroatoms. The number of benzene rings is 1. The fraction of sp³-hybridized carbons (Fsp3) is 0.308. The van der Waals surface area contributed by atoms with Crippen molar-refractivity contribution in [3.63, 3.8) is 0 Å². The molecule has 2 N–H and O–H groups in total. The Hall–Kier alpha value is -1.03. The molecule has 3 nitrogen and oxygen atoms in total. The van der Waals surface area contributed by atoms with Crippen molar-refractivity contribution < 1.29 is 0 Å². The van der Waals surface area contributed by atoms with Crippen LogP contribution in [-0.4, -0.2) is 9.78 Å². The Kier molecular flexibility index (Phi) is 3.95. The summed E-state index contributed by atoms with van der Waals surface area (Å²) in [5.74, 6) is 0.334. The summed E-state index contributed by atoms with van der Waals surface area (Å²) in [4.78, 5) is 0. The van der Waals surface area contributed by atoms with Crippen molar-refractivity contribution in [2.45, 2.75) is 26.3 Å². The zero-order valence-corrected chi connectivity index (χ0v) is 11.8. The third-order valence-electron chi connectivity index (χ3n) is 2.80. The molecule has 0 saturated carbocycles. The Labute approximate surface area is 117 Å². The van der Waals surface area contributed by atoms with Crippen LogP contribution in [-0.2, 0) is 6.54 Å². The third kappa shape index (κ3) is 2.39. The van der Waals surface area contributed by atoms with E-state index in [1.165, 1.54) is 0 Å². The first kappa shape index (κ1) is 13.4. The number of nitrogens with zero attached hydrogens (tertiary/aromatic N) is 2. The van der Waals surface area contributed by atoms with E-state index in [2.05, 4.69) is 18.9 Å². The van der Waals surface area contributed by atoms with Gasteiger partial charge in [0.05, 0.1) is 27.6 Å². The van der Waals surface area contributed by atoms with E-state index in [0.717, 1.165) is 16.9 Å². The van der Waals surface area contributed by atoms with Gasteiger partial charge < -0.3 is 5.73 Å². The van der Waals surface area contributed by atoms with Gasteiger partial charge in [0.15, 0.2) is 0 Å². The number of halogens is 2. The minimum Gasteiger partial charge on any atom is -0.326 e. The maximum Gasteiger partial charge on any atom is 0.0664 e. The molecule has 0 bridgehead atoms. The van der Waals surface area contributed by atoms with Gasteiger partial charge in [-0.25, -0.2) is 4.68 Å². The standard InChI is InChI=1S/C13H15Cl2N3/c1-8(2)13-9(6-16)7-17-18(13)10-3-4-11(14)12(15)5-10/h3-5,7-8H,6,16H2,1-2H3. The number of aromatic nitrogens is 2. The van der Waals surface area contributed by atoms with Gasteiger partial charge in [-0.05, 0) is 24.1 Å². The average molecular weight is 284 g/mol. The van der Waals surface area contributed by atoms with Crippen LogP contribution in [0.25, 0.3) is 5.69 Å². The predicted molar refractivity (Wildman–Crippen MR) is 75.6 cm³/mol. The molecular weight excluding hydrogens is 269 g/mol. The first-order valence-corrected chi connectivity index (χ1v) is 6.52. The Morgan fingerprint density at radius 1 is 1.28 bits per heavy atom. The SMILES string of the molecule is CC(C)c1c(CN)cnn1-c1ccc(Cl)c(Cl)c1. The Morgan fingerprint density at radius 3 is 2.56 bits per heavy atom. The number of hydrogen-bond donors (Lipinski definition) is 1. The number of nitrogens with two attached hydrogens (primary N) is 1. The van der Waals surface area contributed by atoms with Crippen LogP contribution in [0.3, 0.4) is 0 Å². The summed E-state index contributed by atoms with van der Waals surface area (Å²) < 4.78 is 1.87. The highest BCUT2D eigenvalue weighted by atomic mass is 35.5. The zero-order chi connectivity index (χ0) is 13.3. The third-order valence-corrected chi connectivity index (χ3v) is 3.54. The van der Waals surface area contributed by atoms with E-state index in [-0.39, 0.29) is 0 Å². The molecule has 0 spiro atoms. The second-order valence-electron chi connectivity index (χ2n) is 4.42. The van der Waals surface area contributed by atoms with E-state index in [9.17, 15) is 0 Å². The minimum absolute atomic E-state index is 0.334. The maximum absolute atomic E-state index is 6.04. The van der Waals surface area contributed by atoms with Crippen LogP contribution < -0.4 is 5.73 Å². The highest BCUT2D eigenvalue weighted by molar-refractivity contribution is 6.42. The van der Waals surface area contributed by atoms with Gasteiger partial charge in [-0.1, -0.05) is 37.0 Å². The fourth-order valence-electron chi connectivity index (χ4n) is 1.99. The first-order valence-electron chi connectivity index (χ1n) is 5.77. The van der Waals surface area contributed by atoms with Crippen molar-refractivity contribution in [3.8, 4) is 5.69 Å². The minimum atomic E-state index is 0.334. The summed E-state index contributed by atoms with van der Waals surface area (Å²) in [7, 11) is 0. The molecule has 18 heavy (non-hydrogen) atoms. The van der Waals surface area contributed by atoms with Gasteiger partial charge in [-0.2, -0.15) is 5.10 Å². The molecule has 0 aliphatic rings. The summed E-state index contributed by atoms with van der Waals surface area (Å²) in [5.41, 5.74) is 8.79. The van der Waals surface area contributed by atoms with Crippen LogP contribution in [0.15, 0.2) is 24.4 Å². The fourth-order valence-corrected chi connectivity index (χ4v) is 2.28. The average Bonchev–Trinajstić information content (AvgIpc) is 2.76. The van der Waals surface area contributed by atoms with E-state index in [1.807, 2.05) is 16.8 Å². The lowest BCUT2D eigenvalue weighted by Gasteiger charge is -2.12. The van der Waals surface area contributed by atoms with Gasteiger partial charge in [-0.3, -0.25) is 0 Å². The van der Waals surface area contributed by atoms with Crippen LogP contribution in [0.4, 0.5) is 0 Å². The molecule has 0 unspecified atom stereocenters. The molecule has 2 aromatic rings. The summed E-state index contributed by atoms with van der Waals surface area (Å²) in [6.07, 6.45) is 1.80. The molecule has 0 atom stereocenters. The molecule has 2 rings (SSSR count). The van der Waals surface area contributed by atoms with Crippen LogP contribution in [0, 0.1) is 0 Å². The topological polar surface area (TPSA) is 43.8 Å². The van der Waals surface area contributed by atoms with E-state index in [0.29, 0.717) is 22.5 Å². The summed E-state index contributed by atoms with van der Waals surface area (Å²) in [6.45, 7) is 4.71. The first-order chi connectivity index (χ1) is 8.54. The van der Waals surface area contributed by atoms with Crippen molar-refractivity contribution in [3.05, 3.63) is 45.7 Å². The zero-order valence-electron chi connectivity index (χ0n) is 10.3. The summed E-state index contributed by atoms with van der Waals surface area (Å²) in [5, 5.41) is 5.45. The van der Waals surface area contributed by atoms with Gasteiger partial charge in [-0.15, -0.1) is 0 Å². The van der Waals surface area contributed by atoms with Crippen molar-refractivity contribution >= 4 is 23.2 Å². The van der Waals surface area contributed by atoms with Crippen LogP contribution in [0.5, 0.6) is 0 Å². The Bertz CT molecular complexity index is 561.